The first-order valence-electron chi connectivity index (χ1n) is 11.8. The Bertz CT molecular complexity index is 388. The minimum absolute atomic E-state index is 0.727. The zero-order chi connectivity index (χ0) is 19.3. The topological polar surface area (TPSA) is 24.1 Å². The molecule has 7 unspecified atom stereocenters. The zero-order valence-corrected chi connectivity index (χ0v) is 18.9. The molecule has 2 rings (SSSR count). The lowest BCUT2D eigenvalue weighted by molar-refractivity contribution is 0.131. The van der Waals surface area contributed by atoms with E-state index in [9.17, 15) is 0 Å². The second-order valence-electron chi connectivity index (χ2n) is 10.3. The van der Waals surface area contributed by atoms with Crippen molar-refractivity contribution in [3.8, 4) is 0 Å². The van der Waals surface area contributed by atoms with Gasteiger partial charge in [0.05, 0.1) is 0 Å². The van der Waals surface area contributed by atoms with Crippen LogP contribution in [0.15, 0.2) is 0 Å². The number of rotatable bonds is 11. The van der Waals surface area contributed by atoms with Crippen molar-refractivity contribution in [1.29, 1.82) is 0 Å². The van der Waals surface area contributed by atoms with Gasteiger partial charge in [0, 0.05) is 18.1 Å². The second kappa shape index (κ2) is 10.5. The van der Waals surface area contributed by atoms with Crippen molar-refractivity contribution in [2.75, 3.05) is 7.05 Å². The molecule has 1 heterocycles. The van der Waals surface area contributed by atoms with Gasteiger partial charge in [0.2, 0.25) is 0 Å². The third kappa shape index (κ3) is 5.71. The number of hydrogen-bond donors (Lipinski definition) is 2. The van der Waals surface area contributed by atoms with E-state index in [4.69, 9.17) is 0 Å². The lowest BCUT2D eigenvalue weighted by Crippen LogP contribution is -2.54. The van der Waals surface area contributed by atoms with E-state index >= 15 is 0 Å². The molecule has 2 nitrogen and oxygen atoms in total. The Morgan fingerprint density at radius 3 is 2.27 bits per heavy atom. The summed E-state index contributed by atoms with van der Waals surface area (Å²) in [6.07, 6.45) is 11.2. The maximum Gasteiger partial charge on any atom is 0.0113 e. The lowest BCUT2D eigenvalue weighted by atomic mass is 9.70. The normalized spacial score (nSPS) is 35.3. The molecule has 1 saturated heterocycles. The van der Waals surface area contributed by atoms with Gasteiger partial charge in [0.1, 0.15) is 0 Å². The average Bonchev–Trinajstić information content (AvgIpc) is 3.00. The molecular formula is C24H48N2. The van der Waals surface area contributed by atoms with Gasteiger partial charge in [-0.15, -0.1) is 0 Å². The van der Waals surface area contributed by atoms with Gasteiger partial charge in [-0.1, -0.05) is 60.3 Å². The van der Waals surface area contributed by atoms with Crippen molar-refractivity contribution in [2.24, 2.45) is 35.5 Å². The molecular weight excluding hydrogens is 316 g/mol. The summed E-state index contributed by atoms with van der Waals surface area (Å²) in [5, 5.41) is 7.49. The Balaban J connectivity index is 2.00. The third-order valence-corrected chi connectivity index (χ3v) is 7.78. The van der Waals surface area contributed by atoms with Gasteiger partial charge in [-0.2, -0.15) is 0 Å². The van der Waals surface area contributed by atoms with Gasteiger partial charge in [-0.25, -0.2) is 0 Å². The molecule has 26 heavy (non-hydrogen) atoms. The molecule has 0 aromatic heterocycles. The summed E-state index contributed by atoms with van der Waals surface area (Å²) in [5.41, 5.74) is 0. The highest BCUT2D eigenvalue weighted by molar-refractivity contribution is 5.00. The fraction of sp³-hybridized carbons (Fsp3) is 1.00. The van der Waals surface area contributed by atoms with Crippen LogP contribution in [0.2, 0.25) is 0 Å². The summed E-state index contributed by atoms with van der Waals surface area (Å²) in [6.45, 7) is 14.6. The molecule has 154 valence electrons. The fourth-order valence-corrected chi connectivity index (χ4v) is 6.16. The van der Waals surface area contributed by atoms with Crippen LogP contribution in [-0.4, -0.2) is 25.2 Å². The van der Waals surface area contributed by atoms with Gasteiger partial charge in [-0.05, 0) is 75.2 Å². The van der Waals surface area contributed by atoms with Crippen molar-refractivity contribution < 1.29 is 0 Å². The monoisotopic (exact) mass is 364 g/mol. The van der Waals surface area contributed by atoms with E-state index < -0.39 is 0 Å². The molecule has 2 fully saturated rings. The molecule has 2 aliphatic rings. The summed E-state index contributed by atoms with van der Waals surface area (Å²) in [5.74, 6) is 5.17. The molecule has 0 radical (unpaired) electrons. The minimum atomic E-state index is 0.727. The van der Waals surface area contributed by atoms with Crippen LogP contribution >= 0.6 is 0 Å². The predicted molar refractivity (Wildman–Crippen MR) is 115 cm³/mol. The number of nitrogens with one attached hydrogen (secondary N) is 2. The van der Waals surface area contributed by atoms with Gasteiger partial charge < -0.3 is 10.6 Å². The Morgan fingerprint density at radius 1 is 1.04 bits per heavy atom. The van der Waals surface area contributed by atoms with E-state index in [1.165, 1.54) is 51.4 Å². The molecule has 2 N–H and O–H groups in total. The van der Waals surface area contributed by atoms with E-state index in [0.29, 0.717) is 0 Å². The fourth-order valence-electron chi connectivity index (χ4n) is 6.16. The van der Waals surface area contributed by atoms with E-state index in [0.717, 1.165) is 53.6 Å². The molecule has 0 aromatic carbocycles. The van der Waals surface area contributed by atoms with Crippen molar-refractivity contribution in [2.45, 2.75) is 111 Å². The van der Waals surface area contributed by atoms with Crippen LogP contribution in [0, 0.1) is 35.5 Å². The standard InChI is InChI=1S/C24H48N2/c1-8-9-10-11-17(4)21(12-16(2)3)19(6)22-14-20(15-24(22)25-7)23-13-18(5)26-23/h16-26H,8-15H2,1-7H3/t17?,18?,19?,20?,21-,22?,23?,24?/m1/s1. The van der Waals surface area contributed by atoms with E-state index in [1.54, 1.807) is 0 Å². The van der Waals surface area contributed by atoms with Crippen LogP contribution in [0.4, 0.5) is 0 Å². The summed E-state index contributed by atoms with van der Waals surface area (Å²) in [4.78, 5) is 0. The highest BCUT2D eigenvalue weighted by Crippen LogP contribution is 2.45. The molecule has 0 aromatic rings. The summed E-state index contributed by atoms with van der Waals surface area (Å²) in [6, 6.07) is 2.27. The molecule has 8 atom stereocenters. The Morgan fingerprint density at radius 2 is 1.73 bits per heavy atom. The van der Waals surface area contributed by atoms with Crippen LogP contribution in [0.3, 0.4) is 0 Å². The minimum Gasteiger partial charge on any atom is -0.317 e. The van der Waals surface area contributed by atoms with Crippen LogP contribution in [0.5, 0.6) is 0 Å². The van der Waals surface area contributed by atoms with Crippen LogP contribution in [0.25, 0.3) is 0 Å². The van der Waals surface area contributed by atoms with Gasteiger partial charge in [-0.3, -0.25) is 0 Å². The summed E-state index contributed by atoms with van der Waals surface area (Å²) < 4.78 is 0. The van der Waals surface area contributed by atoms with E-state index in [1.807, 2.05) is 0 Å². The first-order chi connectivity index (χ1) is 12.4. The smallest absolute Gasteiger partial charge is 0.0113 e. The SMILES string of the molecule is CCCCCC(C)[C@@H](CC(C)C)C(C)C1CC(C2CC(C)N2)CC1NC. The molecule has 2 heteroatoms. The Labute approximate surface area is 164 Å². The van der Waals surface area contributed by atoms with Crippen LogP contribution in [-0.2, 0) is 0 Å². The maximum absolute atomic E-state index is 3.78. The van der Waals surface area contributed by atoms with Crippen molar-refractivity contribution in [3.63, 3.8) is 0 Å². The quantitative estimate of drug-likeness (QED) is 0.448. The summed E-state index contributed by atoms with van der Waals surface area (Å²) >= 11 is 0. The lowest BCUT2D eigenvalue weighted by Gasteiger charge is -2.40. The van der Waals surface area contributed by atoms with Crippen LogP contribution < -0.4 is 10.6 Å². The highest BCUT2D eigenvalue weighted by Gasteiger charge is 2.44. The van der Waals surface area contributed by atoms with Crippen molar-refractivity contribution >= 4 is 0 Å². The largest absolute Gasteiger partial charge is 0.317 e. The summed E-state index contributed by atoms with van der Waals surface area (Å²) in [7, 11) is 2.20. The first-order valence-corrected chi connectivity index (χ1v) is 11.8. The Hall–Kier alpha value is -0.0800. The van der Waals surface area contributed by atoms with Crippen molar-refractivity contribution in [3.05, 3.63) is 0 Å². The maximum atomic E-state index is 3.78. The first kappa shape index (κ1) is 22.2. The van der Waals surface area contributed by atoms with E-state index in [-0.39, 0.29) is 0 Å². The number of unbranched alkanes of at least 4 members (excludes halogenated alkanes) is 2. The zero-order valence-electron chi connectivity index (χ0n) is 18.9. The highest BCUT2D eigenvalue weighted by atomic mass is 15.0. The van der Waals surface area contributed by atoms with Gasteiger partial charge in [0.15, 0.2) is 0 Å². The molecule has 0 spiro atoms. The third-order valence-electron chi connectivity index (χ3n) is 7.78. The average molecular weight is 365 g/mol. The van der Waals surface area contributed by atoms with Gasteiger partial charge >= 0.3 is 0 Å². The van der Waals surface area contributed by atoms with Crippen LogP contribution in [0.1, 0.15) is 92.9 Å². The molecule has 0 amide bonds. The number of hydrogen-bond acceptors (Lipinski definition) is 2. The molecule has 1 aliphatic carbocycles. The molecule has 1 saturated carbocycles. The van der Waals surface area contributed by atoms with Gasteiger partial charge in [0.25, 0.3) is 0 Å². The predicted octanol–water partition coefficient (Wildman–Crippen LogP) is 5.87. The second-order valence-corrected chi connectivity index (χ2v) is 10.3. The van der Waals surface area contributed by atoms with E-state index in [2.05, 4.69) is 59.2 Å². The Kier molecular flexibility index (Phi) is 8.94. The van der Waals surface area contributed by atoms with Crippen molar-refractivity contribution in [1.82, 2.24) is 10.6 Å². The molecule has 0 bridgehead atoms. The molecule has 1 aliphatic heterocycles.